The average Bonchev–Trinajstić information content (AvgIpc) is 2.97. The molecule has 1 aliphatic rings. The highest BCUT2D eigenvalue weighted by Crippen LogP contribution is 2.37. The third-order valence-corrected chi connectivity index (χ3v) is 5.86. The minimum atomic E-state index is -4.77. The van der Waals surface area contributed by atoms with Gasteiger partial charge >= 0.3 is 6.18 Å². The summed E-state index contributed by atoms with van der Waals surface area (Å²) < 4.78 is 68.1. The number of hydrogen-bond acceptors (Lipinski definition) is 6. The number of fused-ring (bicyclic) bond motifs is 1. The van der Waals surface area contributed by atoms with Crippen LogP contribution in [0, 0.1) is 0 Å². The number of amides is 2. The van der Waals surface area contributed by atoms with E-state index in [2.05, 4.69) is 20.3 Å². The number of alkyl halides is 5. The molecule has 14 heteroatoms. The first-order valence-corrected chi connectivity index (χ1v) is 11.0. The normalized spacial score (nSPS) is 16.0. The largest absolute Gasteiger partial charge is 0.417 e. The van der Waals surface area contributed by atoms with Crippen LogP contribution in [-0.4, -0.2) is 45.8 Å². The van der Waals surface area contributed by atoms with Crippen molar-refractivity contribution in [3.8, 4) is 0 Å². The maximum absolute atomic E-state index is 14.0. The Labute approximate surface area is 205 Å². The van der Waals surface area contributed by atoms with Gasteiger partial charge in [-0.2, -0.15) is 13.2 Å². The zero-order valence-electron chi connectivity index (χ0n) is 18.4. The summed E-state index contributed by atoms with van der Waals surface area (Å²) in [6.45, 7) is -0.120. The molecule has 1 saturated heterocycles. The number of rotatable bonds is 4. The number of primary amides is 1. The zero-order valence-corrected chi connectivity index (χ0v) is 19.1. The maximum atomic E-state index is 14.0. The van der Waals surface area contributed by atoms with E-state index in [0.29, 0.717) is 6.07 Å². The predicted octanol–water partition coefficient (Wildman–Crippen LogP) is 4.67. The molecule has 3 heterocycles. The predicted molar refractivity (Wildman–Crippen MR) is 121 cm³/mol. The van der Waals surface area contributed by atoms with Gasteiger partial charge in [0.1, 0.15) is 5.69 Å². The van der Waals surface area contributed by atoms with Gasteiger partial charge < -0.3 is 16.0 Å². The second kappa shape index (κ2) is 9.45. The number of halogens is 6. The number of anilines is 2. The molecule has 1 aromatic carbocycles. The Balaban J connectivity index is 1.81. The Hall–Kier alpha value is -3.61. The molecule has 0 bridgehead atoms. The lowest BCUT2D eigenvalue weighted by Gasteiger charge is -2.24. The second-order valence-electron chi connectivity index (χ2n) is 8.16. The first-order chi connectivity index (χ1) is 16.8. The van der Waals surface area contributed by atoms with Gasteiger partial charge in [0.15, 0.2) is 11.5 Å². The number of benzene rings is 1. The molecule has 0 atom stereocenters. The van der Waals surface area contributed by atoms with E-state index in [9.17, 15) is 31.5 Å². The summed E-state index contributed by atoms with van der Waals surface area (Å²) in [5.74, 6) is -4.76. The highest BCUT2D eigenvalue weighted by atomic mass is 35.5. The van der Waals surface area contributed by atoms with Crippen molar-refractivity contribution in [3.05, 3.63) is 52.4 Å². The van der Waals surface area contributed by atoms with Crippen LogP contribution in [0.5, 0.6) is 0 Å². The lowest BCUT2D eigenvalue weighted by molar-refractivity contribution is -0.137. The molecule has 3 aromatic rings. The van der Waals surface area contributed by atoms with Crippen molar-refractivity contribution in [1.82, 2.24) is 15.0 Å². The molecule has 2 aromatic heterocycles. The van der Waals surface area contributed by atoms with E-state index in [1.54, 1.807) is 0 Å². The summed E-state index contributed by atoms with van der Waals surface area (Å²) in [4.78, 5) is 38.2. The second-order valence-corrected chi connectivity index (χ2v) is 8.57. The molecule has 0 radical (unpaired) electrons. The smallest absolute Gasteiger partial charge is 0.364 e. The number of nitrogens with one attached hydrogen (secondary N) is 1. The molecule has 0 spiro atoms. The van der Waals surface area contributed by atoms with Crippen molar-refractivity contribution >= 4 is 46.0 Å². The van der Waals surface area contributed by atoms with Crippen LogP contribution in [0.1, 0.15) is 45.8 Å². The maximum Gasteiger partial charge on any atom is 0.417 e. The summed E-state index contributed by atoms with van der Waals surface area (Å²) in [5.41, 5.74) is 3.43. The van der Waals surface area contributed by atoms with E-state index in [1.165, 1.54) is 23.2 Å². The van der Waals surface area contributed by atoms with Crippen LogP contribution in [0.4, 0.5) is 33.5 Å². The topological polar surface area (TPSA) is 114 Å². The molecular weight excluding hydrogens is 511 g/mol. The Morgan fingerprint density at radius 3 is 2.50 bits per heavy atom. The van der Waals surface area contributed by atoms with Gasteiger partial charge in [-0.15, -0.1) is 0 Å². The van der Waals surface area contributed by atoms with Crippen LogP contribution in [0.2, 0.25) is 5.02 Å². The third kappa shape index (κ3) is 5.45. The highest BCUT2D eigenvalue weighted by molar-refractivity contribution is 6.32. The van der Waals surface area contributed by atoms with Gasteiger partial charge in [0, 0.05) is 37.8 Å². The highest BCUT2D eigenvalue weighted by Gasteiger charge is 2.36. The zero-order chi connectivity index (χ0) is 26.3. The van der Waals surface area contributed by atoms with Gasteiger partial charge in [-0.25, -0.2) is 18.7 Å². The molecule has 0 aliphatic carbocycles. The number of carbonyl (C=O) groups is 2. The third-order valence-electron chi connectivity index (χ3n) is 5.54. The van der Waals surface area contributed by atoms with Crippen molar-refractivity contribution in [1.29, 1.82) is 0 Å². The van der Waals surface area contributed by atoms with Crippen molar-refractivity contribution in [2.45, 2.75) is 31.4 Å². The Kier molecular flexibility index (Phi) is 6.69. The number of carbonyl (C=O) groups excluding carboxylic acids is 2. The van der Waals surface area contributed by atoms with Gasteiger partial charge in [0.05, 0.1) is 21.6 Å². The van der Waals surface area contributed by atoms with Gasteiger partial charge in [0.2, 0.25) is 5.92 Å². The number of hydrogen-bond donors (Lipinski definition) is 2. The number of aromatic nitrogens is 3. The van der Waals surface area contributed by atoms with Crippen molar-refractivity contribution in [3.63, 3.8) is 0 Å². The van der Waals surface area contributed by atoms with Crippen molar-refractivity contribution < 1.29 is 31.5 Å². The Morgan fingerprint density at radius 1 is 1.08 bits per heavy atom. The van der Waals surface area contributed by atoms with Crippen LogP contribution < -0.4 is 16.0 Å². The Bertz CT molecular complexity index is 1350. The molecule has 190 valence electrons. The van der Waals surface area contributed by atoms with E-state index in [-0.39, 0.29) is 59.9 Å². The fourth-order valence-corrected chi connectivity index (χ4v) is 4.03. The molecule has 36 heavy (non-hydrogen) atoms. The molecular formula is C22H18ClF5N6O2. The SMILES string of the molecule is NC(=O)c1cc(NC(=O)c2nc3cc(Cl)c(C(F)(F)F)cc3nc2N2CCCC(F)(F)CC2)ccn1. The lowest BCUT2D eigenvalue weighted by atomic mass is 10.1. The Morgan fingerprint density at radius 2 is 1.81 bits per heavy atom. The first-order valence-electron chi connectivity index (χ1n) is 10.6. The average molecular weight is 529 g/mol. The van der Waals surface area contributed by atoms with Crippen LogP contribution in [-0.2, 0) is 6.18 Å². The summed E-state index contributed by atoms with van der Waals surface area (Å²) in [5, 5.41) is 1.86. The van der Waals surface area contributed by atoms with Crippen LogP contribution in [0.25, 0.3) is 11.0 Å². The fraction of sp³-hybridized carbons (Fsp3) is 0.318. The molecule has 4 rings (SSSR count). The summed E-state index contributed by atoms with van der Waals surface area (Å²) in [6, 6.07) is 4.22. The summed E-state index contributed by atoms with van der Waals surface area (Å²) in [6.07, 6.45) is -4.39. The van der Waals surface area contributed by atoms with Gasteiger partial charge in [-0.1, -0.05) is 11.6 Å². The standard InChI is InChI=1S/C22H18ClF5N6O2/c23-13-10-15-14(9-12(13)22(26,27)28)33-19(34-6-1-3-21(24,25)4-7-34)17(32-15)20(36)31-11-2-5-30-16(8-11)18(29)35/h2,5,8-10H,1,3-4,6-7H2,(H2,29,35)(H,30,31,36). The lowest BCUT2D eigenvalue weighted by Crippen LogP contribution is -2.30. The van der Waals surface area contributed by atoms with Crippen LogP contribution >= 0.6 is 11.6 Å². The van der Waals surface area contributed by atoms with E-state index in [4.69, 9.17) is 17.3 Å². The molecule has 0 unspecified atom stereocenters. The van der Waals surface area contributed by atoms with Gasteiger partial charge in [-0.05, 0) is 30.7 Å². The minimum Gasteiger partial charge on any atom is -0.364 e. The van der Waals surface area contributed by atoms with Gasteiger partial charge in [-0.3, -0.25) is 14.6 Å². The van der Waals surface area contributed by atoms with Crippen molar-refractivity contribution in [2.75, 3.05) is 23.3 Å². The van der Waals surface area contributed by atoms with E-state index >= 15 is 0 Å². The molecule has 2 amide bonds. The van der Waals surface area contributed by atoms with Crippen LogP contribution in [0.3, 0.4) is 0 Å². The fourth-order valence-electron chi connectivity index (χ4n) is 3.77. The van der Waals surface area contributed by atoms with Crippen molar-refractivity contribution in [2.24, 2.45) is 5.73 Å². The monoisotopic (exact) mass is 528 g/mol. The molecule has 1 aliphatic heterocycles. The van der Waals surface area contributed by atoms with E-state index in [0.717, 1.165) is 6.07 Å². The van der Waals surface area contributed by atoms with Crippen LogP contribution in [0.15, 0.2) is 30.5 Å². The molecule has 1 fully saturated rings. The van der Waals surface area contributed by atoms with E-state index < -0.39 is 40.9 Å². The van der Waals surface area contributed by atoms with E-state index in [1.807, 2.05) is 0 Å². The number of nitrogens with two attached hydrogens (primary N) is 1. The summed E-state index contributed by atoms with van der Waals surface area (Å²) in [7, 11) is 0. The minimum absolute atomic E-state index is 0.0640. The quantitative estimate of drug-likeness (QED) is 0.476. The number of nitrogens with zero attached hydrogens (tertiary/aromatic N) is 4. The molecule has 3 N–H and O–H groups in total. The summed E-state index contributed by atoms with van der Waals surface area (Å²) >= 11 is 5.81. The van der Waals surface area contributed by atoms with Gasteiger partial charge in [0.25, 0.3) is 11.8 Å². The number of pyridine rings is 1. The first kappa shape index (κ1) is 25.5. The molecule has 0 saturated carbocycles. The molecule has 8 nitrogen and oxygen atoms in total.